The van der Waals surface area contributed by atoms with Crippen LogP contribution in [-0.4, -0.2) is 6.18 Å². The van der Waals surface area contributed by atoms with Crippen molar-refractivity contribution < 1.29 is 26.7 Å². The number of hydrogen-bond donors (Lipinski definition) is 0. The molecule has 0 aromatic rings. The molecular formula is C3H2F6. The summed E-state index contributed by atoms with van der Waals surface area (Å²) >= 11 is 0. The van der Waals surface area contributed by atoms with E-state index >= 15 is 0 Å². The van der Waals surface area contributed by atoms with Gasteiger partial charge < -0.3 is 0 Å². The van der Waals surface area contributed by atoms with Crippen molar-refractivity contribution in [1.82, 2.24) is 0 Å². The molecule has 0 unspecified atom stereocenters. The summed E-state index contributed by atoms with van der Waals surface area (Å²) in [6.45, 7) is 0. The third-order valence-electron chi connectivity index (χ3n) is 0.367. The molecule has 0 saturated carbocycles. The lowest BCUT2D eigenvalue weighted by atomic mass is 10.6. The zero-order chi connectivity index (χ0) is 6.78. The fourth-order valence-electron chi connectivity index (χ4n) is 0.0619. The monoisotopic (exact) mass is 152 g/mol. The van der Waals surface area contributed by atoms with Crippen LogP contribution in [0, 0.1) is 0 Å². The van der Waals surface area contributed by atoms with Crippen LogP contribution < -0.4 is 0 Å². The highest BCUT2D eigenvalue weighted by atomic mass is 19.4. The van der Waals surface area contributed by atoms with Crippen LogP contribution in [0.25, 0.3) is 0 Å². The van der Waals surface area contributed by atoms with Gasteiger partial charge in [0.2, 0.25) is 5.83 Å². The standard InChI is InChI=1S/C3HF5.FH/c4-1-2(5)3(6,7)8;/h1H;1H. The molecule has 56 valence electrons. The fourth-order valence-corrected chi connectivity index (χ4v) is 0.0619. The molecule has 0 aliphatic rings. The van der Waals surface area contributed by atoms with Crippen molar-refractivity contribution in [2.45, 2.75) is 6.18 Å². The van der Waals surface area contributed by atoms with E-state index in [1.54, 1.807) is 0 Å². The molecule has 0 rings (SSSR count). The average Bonchev–Trinajstić information content (AvgIpc) is 1.62. The molecule has 0 radical (unpaired) electrons. The topological polar surface area (TPSA) is 0 Å². The second-order valence-corrected chi connectivity index (χ2v) is 0.955. The maximum atomic E-state index is 11.0. The van der Waals surface area contributed by atoms with Crippen molar-refractivity contribution in [3.63, 3.8) is 0 Å². The molecule has 0 spiro atoms. The minimum atomic E-state index is -5.17. The zero-order valence-corrected chi connectivity index (χ0v) is 3.88. The Morgan fingerprint density at radius 2 is 1.56 bits per heavy atom. The van der Waals surface area contributed by atoms with Crippen LogP contribution in [0.4, 0.5) is 26.7 Å². The molecule has 0 heterocycles. The zero-order valence-electron chi connectivity index (χ0n) is 3.88. The van der Waals surface area contributed by atoms with Gasteiger partial charge in [-0.05, 0) is 0 Å². The average molecular weight is 152 g/mol. The first-order valence-electron chi connectivity index (χ1n) is 1.51. The summed E-state index contributed by atoms with van der Waals surface area (Å²) in [7, 11) is 0. The van der Waals surface area contributed by atoms with Crippen molar-refractivity contribution in [3.8, 4) is 0 Å². The molecular weight excluding hydrogens is 150 g/mol. The summed E-state index contributed by atoms with van der Waals surface area (Å²) < 4.78 is 53.9. The van der Waals surface area contributed by atoms with E-state index in [2.05, 4.69) is 0 Å². The van der Waals surface area contributed by atoms with Gasteiger partial charge >= 0.3 is 6.18 Å². The summed E-state index contributed by atoms with van der Waals surface area (Å²) in [6, 6.07) is 0. The lowest BCUT2D eigenvalue weighted by Crippen LogP contribution is -2.06. The summed E-state index contributed by atoms with van der Waals surface area (Å²) in [6.07, 6.45) is -6.30. The normalized spacial score (nSPS) is 12.8. The van der Waals surface area contributed by atoms with Gasteiger partial charge in [0, 0.05) is 0 Å². The van der Waals surface area contributed by atoms with Crippen molar-refractivity contribution in [2.24, 2.45) is 0 Å². The maximum absolute atomic E-state index is 11.0. The van der Waals surface area contributed by atoms with Gasteiger partial charge in [-0.2, -0.15) is 17.6 Å². The molecule has 0 N–H and O–H groups in total. The van der Waals surface area contributed by atoms with Crippen LogP contribution in [0.5, 0.6) is 0 Å². The van der Waals surface area contributed by atoms with Gasteiger partial charge in [-0.1, -0.05) is 0 Å². The first-order chi connectivity index (χ1) is 3.48. The number of alkyl halides is 3. The summed E-state index contributed by atoms with van der Waals surface area (Å²) in [5.74, 6) is -2.71. The van der Waals surface area contributed by atoms with Gasteiger partial charge in [-0.25, -0.2) is 4.39 Å². The summed E-state index contributed by atoms with van der Waals surface area (Å²) in [5.41, 5.74) is 0. The van der Waals surface area contributed by atoms with E-state index in [1.165, 1.54) is 0 Å². The highest BCUT2D eigenvalue weighted by Crippen LogP contribution is 2.25. The molecule has 0 aliphatic heterocycles. The van der Waals surface area contributed by atoms with Crippen LogP contribution in [-0.2, 0) is 0 Å². The van der Waals surface area contributed by atoms with Crippen molar-refractivity contribution >= 4 is 0 Å². The lowest BCUT2D eigenvalue weighted by Gasteiger charge is -1.97. The summed E-state index contributed by atoms with van der Waals surface area (Å²) in [5, 5.41) is 0. The molecule has 0 aromatic heterocycles. The molecule has 0 bridgehead atoms. The molecule has 0 fully saturated rings. The summed E-state index contributed by atoms with van der Waals surface area (Å²) in [4.78, 5) is 0. The third-order valence-corrected chi connectivity index (χ3v) is 0.367. The Kier molecular flexibility index (Phi) is 4.17. The van der Waals surface area contributed by atoms with Gasteiger partial charge in [-0.3, -0.25) is 4.70 Å². The van der Waals surface area contributed by atoms with E-state index in [0.29, 0.717) is 0 Å². The largest absolute Gasteiger partial charge is 0.445 e. The number of halogens is 6. The predicted octanol–water partition coefficient (Wildman–Crippen LogP) is 2.48. The van der Waals surface area contributed by atoms with Crippen LogP contribution in [0.2, 0.25) is 0 Å². The van der Waals surface area contributed by atoms with Crippen molar-refractivity contribution in [3.05, 3.63) is 12.2 Å². The Hall–Kier alpha value is -0.680. The Bertz CT molecular complexity index is 99.4. The Morgan fingerprint density at radius 1 is 1.22 bits per heavy atom. The second-order valence-electron chi connectivity index (χ2n) is 0.955. The van der Waals surface area contributed by atoms with Crippen molar-refractivity contribution in [2.75, 3.05) is 0 Å². The highest BCUT2D eigenvalue weighted by molar-refractivity contribution is 4.92. The molecule has 0 saturated heterocycles. The number of allylic oxidation sites excluding steroid dienone is 1. The fraction of sp³-hybridized carbons (Fsp3) is 0.333. The van der Waals surface area contributed by atoms with Crippen LogP contribution in [0.1, 0.15) is 0 Å². The van der Waals surface area contributed by atoms with E-state index in [0.717, 1.165) is 0 Å². The van der Waals surface area contributed by atoms with E-state index in [1.807, 2.05) is 0 Å². The molecule has 0 amide bonds. The van der Waals surface area contributed by atoms with Crippen LogP contribution in [0.15, 0.2) is 12.2 Å². The predicted molar refractivity (Wildman–Crippen MR) is 18.9 cm³/mol. The number of hydrogen-bond acceptors (Lipinski definition) is 0. The highest BCUT2D eigenvalue weighted by Gasteiger charge is 2.34. The Morgan fingerprint density at radius 3 is 1.56 bits per heavy atom. The number of rotatable bonds is 0. The second kappa shape index (κ2) is 3.37. The molecule has 9 heavy (non-hydrogen) atoms. The SMILES string of the molecule is F.FC=C(F)C(F)(F)F. The van der Waals surface area contributed by atoms with Gasteiger partial charge in [0.1, 0.15) is 6.33 Å². The van der Waals surface area contributed by atoms with E-state index in [-0.39, 0.29) is 4.70 Å². The van der Waals surface area contributed by atoms with Crippen molar-refractivity contribution in [1.29, 1.82) is 0 Å². The lowest BCUT2D eigenvalue weighted by molar-refractivity contribution is -0.109. The van der Waals surface area contributed by atoms with E-state index in [4.69, 9.17) is 0 Å². The Balaban J connectivity index is 0. The van der Waals surface area contributed by atoms with E-state index in [9.17, 15) is 22.0 Å². The molecule has 6 heteroatoms. The first kappa shape index (κ1) is 11.2. The Labute approximate surface area is 46.3 Å². The van der Waals surface area contributed by atoms with Gasteiger partial charge in [-0.15, -0.1) is 0 Å². The molecule has 0 aliphatic carbocycles. The van der Waals surface area contributed by atoms with Gasteiger partial charge in [0.15, 0.2) is 0 Å². The van der Waals surface area contributed by atoms with E-state index < -0.39 is 18.3 Å². The third kappa shape index (κ3) is 3.87. The molecule has 0 aromatic carbocycles. The maximum Gasteiger partial charge on any atom is 0.445 e. The quantitative estimate of drug-likeness (QED) is 0.467. The minimum absolute atomic E-state index is 0. The van der Waals surface area contributed by atoms with Gasteiger partial charge in [0.05, 0.1) is 0 Å². The van der Waals surface area contributed by atoms with Crippen LogP contribution in [0.3, 0.4) is 0 Å². The smallest absolute Gasteiger partial charge is 0.269 e. The van der Waals surface area contributed by atoms with Gasteiger partial charge in [0.25, 0.3) is 0 Å². The molecule has 0 atom stereocenters. The minimum Gasteiger partial charge on any atom is -0.269 e. The first-order valence-corrected chi connectivity index (χ1v) is 1.51. The van der Waals surface area contributed by atoms with Crippen LogP contribution >= 0.6 is 0 Å². The molecule has 0 nitrogen and oxygen atoms in total.